The molecule has 0 saturated heterocycles. The summed E-state index contributed by atoms with van der Waals surface area (Å²) in [6, 6.07) is 0. The van der Waals surface area contributed by atoms with Crippen LogP contribution >= 0.6 is 12.6 Å². The van der Waals surface area contributed by atoms with E-state index in [9.17, 15) is 18.3 Å². The molecule has 12 heavy (non-hydrogen) atoms. The molecule has 0 amide bonds. The number of rotatable bonds is 4. The van der Waals surface area contributed by atoms with Gasteiger partial charge in [0.15, 0.2) is 0 Å². The molecule has 1 atom stereocenters. The van der Waals surface area contributed by atoms with Crippen LogP contribution in [0, 0.1) is 0 Å². The summed E-state index contributed by atoms with van der Waals surface area (Å²) in [5.74, 6) is 0.185. The van der Waals surface area contributed by atoms with Crippen LogP contribution in [0.5, 0.6) is 0 Å². The smallest absolute Gasteiger partial charge is 0.389 e. The van der Waals surface area contributed by atoms with Crippen molar-refractivity contribution in [2.75, 3.05) is 5.75 Å². The molecule has 0 fully saturated rings. The predicted octanol–water partition coefficient (Wildman–Crippen LogP) is 2.40. The standard InChI is InChI=1S/C7H13F3OS/c1-6(11,5-12)3-2-4-7(8,9)10/h11-12H,2-5H2,1H3. The van der Waals surface area contributed by atoms with Crippen LogP contribution in [0.15, 0.2) is 0 Å². The monoisotopic (exact) mass is 202 g/mol. The maximum atomic E-state index is 11.6. The Bertz CT molecular complexity index is 133. The molecule has 0 aliphatic rings. The fourth-order valence-corrected chi connectivity index (χ4v) is 0.907. The van der Waals surface area contributed by atoms with E-state index in [1.54, 1.807) is 0 Å². The molecule has 1 nitrogen and oxygen atoms in total. The van der Waals surface area contributed by atoms with Gasteiger partial charge in [0.25, 0.3) is 0 Å². The minimum Gasteiger partial charge on any atom is -0.389 e. The molecule has 0 aromatic heterocycles. The van der Waals surface area contributed by atoms with Gasteiger partial charge in [0, 0.05) is 12.2 Å². The lowest BCUT2D eigenvalue weighted by molar-refractivity contribution is -0.137. The molecule has 0 radical (unpaired) electrons. The first kappa shape index (κ1) is 12.1. The first-order chi connectivity index (χ1) is 5.27. The van der Waals surface area contributed by atoms with Gasteiger partial charge in [-0.3, -0.25) is 0 Å². The second-order valence-corrected chi connectivity index (χ2v) is 3.44. The third kappa shape index (κ3) is 6.79. The van der Waals surface area contributed by atoms with Gasteiger partial charge in [-0.15, -0.1) is 0 Å². The zero-order valence-electron chi connectivity index (χ0n) is 6.86. The van der Waals surface area contributed by atoms with Gasteiger partial charge >= 0.3 is 6.18 Å². The quantitative estimate of drug-likeness (QED) is 0.671. The number of alkyl halides is 3. The molecule has 0 aromatic carbocycles. The van der Waals surface area contributed by atoms with Gasteiger partial charge in [-0.2, -0.15) is 25.8 Å². The number of aliphatic hydroxyl groups is 1. The van der Waals surface area contributed by atoms with E-state index in [2.05, 4.69) is 12.6 Å². The van der Waals surface area contributed by atoms with Gasteiger partial charge in [-0.1, -0.05) is 0 Å². The van der Waals surface area contributed by atoms with Gasteiger partial charge in [-0.25, -0.2) is 0 Å². The van der Waals surface area contributed by atoms with Crippen LogP contribution in [0.2, 0.25) is 0 Å². The average Bonchev–Trinajstić information content (AvgIpc) is 1.84. The molecule has 0 bridgehead atoms. The van der Waals surface area contributed by atoms with Crippen molar-refractivity contribution in [3.8, 4) is 0 Å². The van der Waals surface area contributed by atoms with Crippen molar-refractivity contribution in [3.63, 3.8) is 0 Å². The molecule has 0 saturated carbocycles. The molecular formula is C7H13F3OS. The summed E-state index contributed by atoms with van der Waals surface area (Å²) in [6.45, 7) is 1.48. The summed E-state index contributed by atoms with van der Waals surface area (Å²) in [6.07, 6.45) is -4.86. The first-order valence-corrected chi connectivity index (χ1v) is 4.30. The first-order valence-electron chi connectivity index (χ1n) is 3.67. The van der Waals surface area contributed by atoms with E-state index in [-0.39, 0.29) is 18.6 Å². The van der Waals surface area contributed by atoms with E-state index in [0.717, 1.165) is 0 Å². The topological polar surface area (TPSA) is 20.2 Å². The summed E-state index contributed by atoms with van der Waals surface area (Å²) < 4.78 is 34.9. The van der Waals surface area contributed by atoms with Crippen molar-refractivity contribution < 1.29 is 18.3 Å². The van der Waals surface area contributed by atoms with Crippen LogP contribution < -0.4 is 0 Å². The number of hydrogen-bond donors (Lipinski definition) is 2. The number of hydrogen-bond acceptors (Lipinski definition) is 2. The largest absolute Gasteiger partial charge is 0.389 e. The Hall–Kier alpha value is 0.100. The predicted molar refractivity (Wildman–Crippen MR) is 44.4 cm³/mol. The van der Waals surface area contributed by atoms with Crippen LogP contribution in [-0.2, 0) is 0 Å². The Morgan fingerprint density at radius 2 is 1.75 bits per heavy atom. The third-order valence-electron chi connectivity index (χ3n) is 1.52. The van der Waals surface area contributed by atoms with Crippen LogP contribution in [0.3, 0.4) is 0 Å². The highest BCUT2D eigenvalue weighted by Gasteiger charge is 2.28. The summed E-state index contributed by atoms with van der Waals surface area (Å²) in [4.78, 5) is 0. The fraction of sp³-hybridized carbons (Fsp3) is 1.00. The summed E-state index contributed by atoms with van der Waals surface area (Å²) >= 11 is 3.82. The van der Waals surface area contributed by atoms with Gasteiger partial charge in [0.1, 0.15) is 0 Å². The number of halogens is 3. The van der Waals surface area contributed by atoms with Crippen molar-refractivity contribution in [3.05, 3.63) is 0 Å². The molecule has 74 valence electrons. The lowest BCUT2D eigenvalue weighted by Crippen LogP contribution is -2.26. The van der Waals surface area contributed by atoms with Crippen LogP contribution in [-0.4, -0.2) is 22.6 Å². The fourth-order valence-electron chi connectivity index (χ4n) is 0.749. The molecule has 1 N–H and O–H groups in total. The van der Waals surface area contributed by atoms with E-state index in [0.29, 0.717) is 0 Å². The van der Waals surface area contributed by atoms with E-state index in [1.807, 2.05) is 0 Å². The lowest BCUT2D eigenvalue weighted by atomic mass is 10.0. The molecule has 0 aliphatic heterocycles. The van der Waals surface area contributed by atoms with E-state index >= 15 is 0 Å². The molecule has 5 heteroatoms. The maximum absolute atomic E-state index is 11.6. The maximum Gasteiger partial charge on any atom is 0.389 e. The molecule has 1 unspecified atom stereocenters. The van der Waals surface area contributed by atoms with Crippen LogP contribution in [0.25, 0.3) is 0 Å². The van der Waals surface area contributed by atoms with Crippen LogP contribution in [0.1, 0.15) is 26.2 Å². The minimum absolute atomic E-state index is 0.0446. The molecule has 0 rings (SSSR count). The average molecular weight is 202 g/mol. The molecule has 0 spiro atoms. The Labute approximate surface area is 75.4 Å². The SMILES string of the molecule is CC(O)(CS)CCCC(F)(F)F. The summed E-state index contributed by atoms with van der Waals surface area (Å²) in [7, 11) is 0. The second-order valence-electron chi connectivity index (χ2n) is 3.12. The highest BCUT2D eigenvalue weighted by Crippen LogP contribution is 2.25. The Kier molecular flexibility index (Phi) is 4.40. The lowest BCUT2D eigenvalue weighted by Gasteiger charge is -2.20. The van der Waals surface area contributed by atoms with Crippen LogP contribution in [0.4, 0.5) is 13.2 Å². The normalized spacial score (nSPS) is 17.5. The van der Waals surface area contributed by atoms with Gasteiger partial charge in [0.05, 0.1) is 5.60 Å². The summed E-state index contributed by atoms with van der Waals surface area (Å²) in [5, 5.41) is 9.28. The highest BCUT2D eigenvalue weighted by molar-refractivity contribution is 7.80. The van der Waals surface area contributed by atoms with Gasteiger partial charge in [0.2, 0.25) is 0 Å². The van der Waals surface area contributed by atoms with Crippen molar-refractivity contribution >= 4 is 12.6 Å². The molecule has 0 aromatic rings. The van der Waals surface area contributed by atoms with Crippen molar-refractivity contribution in [2.24, 2.45) is 0 Å². The Morgan fingerprint density at radius 3 is 2.08 bits per heavy atom. The second kappa shape index (κ2) is 4.37. The Balaban J connectivity index is 3.57. The van der Waals surface area contributed by atoms with Crippen molar-refractivity contribution in [1.29, 1.82) is 0 Å². The third-order valence-corrected chi connectivity index (χ3v) is 2.20. The number of thiol groups is 1. The molecular weight excluding hydrogens is 189 g/mol. The zero-order chi connectivity index (χ0) is 9.83. The van der Waals surface area contributed by atoms with Gasteiger partial charge in [-0.05, 0) is 19.8 Å². The van der Waals surface area contributed by atoms with Gasteiger partial charge < -0.3 is 5.11 Å². The van der Waals surface area contributed by atoms with Crippen molar-refractivity contribution in [1.82, 2.24) is 0 Å². The molecule has 0 heterocycles. The zero-order valence-corrected chi connectivity index (χ0v) is 7.75. The Morgan fingerprint density at radius 1 is 1.25 bits per heavy atom. The van der Waals surface area contributed by atoms with Crippen molar-refractivity contribution in [2.45, 2.75) is 38.0 Å². The van der Waals surface area contributed by atoms with E-state index in [1.165, 1.54) is 6.92 Å². The summed E-state index contributed by atoms with van der Waals surface area (Å²) in [5.41, 5.74) is -1.08. The highest BCUT2D eigenvalue weighted by atomic mass is 32.1. The van der Waals surface area contributed by atoms with E-state index in [4.69, 9.17) is 0 Å². The van der Waals surface area contributed by atoms with E-state index < -0.39 is 18.2 Å². The molecule has 0 aliphatic carbocycles. The minimum atomic E-state index is -4.12.